The summed E-state index contributed by atoms with van der Waals surface area (Å²) in [5.74, 6) is -0.481. The Morgan fingerprint density at radius 2 is 1.31 bits per heavy atom. The van der Waals surface area contributed by atoms with Crippen LogP contribution in [0.25, 0.3) is 16.8 Å². The Morgan fingerprint density at radius 1 is 0.833 bits per heavy atom. The summed E-state index contributed by atoms with van der Waals surface area (Å²) >= 11 is 0. The van der Waals surface area contributed by atoms with Crippen molar-refractivity contribution >= 4 is 16.0 Å². The second kappa shape index (κ2) is 12.8. The van der Waals surface area contributed by atoms with E-state index in [4.69, 9.17) is 30.1 Å². The lowest BCUT2D eigenvalue weighted by Crippen LogP contribution is -2.68. The molecule has 0 aliphatic heterocycles. The third-order valence-electron chi connectivity index (χ3n) is 4.96. The van der Waals surface area contributed by atoms with Crippen LogP contribution in [0.5, 0.6) is 0 Å². The highest BCUT2D eigenvalue weighted by Gasteiger charge is 2.22. The van der Waals surface area contributed by atoms with Crippen LogP contribution in [-0.4, -0.2) is 14.4 Å². The van der Waals surface area contributed by atoms with Gasteiger partial charge in [0.25, 0.3) is 10.0 Å². The van der Waals surface area contributed by atoms with Gasteiger partial charge in [-0.2, -0.15) is 13.0 Å². The maximum atomic E-state index is 12.3. The number of hydrogen-bond acceptors (Lipinski definition) is 6. The number of hydrogen-bond donors (Lipinski definition) is 2. The largest absolute Gasteiger partial charge is 0.369 e. The monoisotopic (exact) mass is 536 g/mol. The van der Waals surface area contributed by atoms with E-state index in [-0.39, 0.29) is 4.90 Å². The second-order valence-electron chi connectivity index (χ2n) is 7.79. The third kappa shape index (κ3) is 8.86. The van der Waals surface area contributed by atoms with Gasteiger partial charge in [-0.1, -0.05) is 44.2 Å². The Morgan fingerprint density at radius 3 is 1.72 bits per heavy atom. The van der Waals surface area contributed by atoms with Crippen molar-refractivity contribution in [3.05, 3.63) is 78.1 Å². The molecule has 1 heterocycles. The van der Waals surface area contributed by atoms with E-state index in [9.17, 15) is 8.42 Å². The molecule has 1 aromatic heterocycles. The number of halogens is 1. The van der Waals surface area contributed by atoms with Crippen LogP contribution in [0, 0.1) is 10.2 Å². The number of nitrogens with zero attached hydrogens (tertiary/aromatic N) is 2. The maximum absolute atomic E-state index is 12.3. The first-order chi connectivity index (χ1) is 16.9. The molecule has 0 spiro atoms. The van der Waals surface area contributed by atoms with Gasteiger partial charge in [0.2, 0.25) is 11.6 Å². The summed E-state index contributed by atoms with van der Waals surface area (Å²) in [5.41, 5.74) is 16.2. The number of guanidine groups is 1. The molecule has 3 rings (SSSR count). The van der Waals surface area contributed by atoms with Crippen LogP contribution >= 0.6 is 0 Å². The fourth-order valence-electron chi connectivity index (χ4n) is 3.68. The molecule has 12 heteroatoms. The molecule has 0 aliphatic carbocycles. The second-order valence-corrected chi connectivity index (χ2v) is 10.2. The van der Waals surface area contributed by atoms with Crippen LogP contribution in [0.2, 0.25) is 0 Å². The Kier molecular flexibility index (Phi) is 10.3. The number of benzene rings is 2. The van der Waals surface area contributed by atoms with Gasteiger partial charge in [0.1, 0.15) is 0 Å². The van der Waals surface area contributed by atoms with Crippen LogP contribution in [0.15, 0.2) is 76.0 Å². The predicted octanol–water partition coefficient (Wildman–Crippen LogP) is -1.26. The summed E-state index contributed by atoms with van der Waals surface area (Å²) in [5, 5.41) is 0. The molecule has 194 valence electrons. The number of sulfonamides is 1. The summed E-state index contributed by atoms with van der Waals surface area (Å²) in [4.78, 5) is 0.0558. The lowest BCUT2D eigenvalue weighted by Gasteiger charge is -2.17. The average Bonchev–Trinajstić information content (AvgIpc) is 2.78. The van der Waals surface area contributed by atoms with Gasteiger partial charge in [0.05, 0.1) is 4.90 Å². The minimum absolute atomic E-state index is 0.0558. The molecule has 0 amide bonds. The molecule has 36 heavy (non-hydrogen) atoms. The minimum atomic E-state index is -4.94. The van der Waals surface area contributed by atoms with Crippen molar-refractivity contribution in [1.82, 2.24) is 0 Å². The molecule has 0 fully saturated rings. The predicted molar refractivity (Wildman–Crippen MR) is 124 cm³/mol. The number of pyridine rings is 1. The number of aromatic nitrogens is 1. The fourth-order valence-corrected chi connectivity index (χ4v) is 4.54. The first-order valence-electron chi connectivity index (χ1n) is 11.1. The zero-order valence-electron chi connectivity index (χ0n) is 20.0. The molecular formula is C24H29ClN4O6S. The number of aryl methyl sites for hydroxylation is 2. The lowest BCUT2D eigenvalue weighted by atomic mass is 10.0. The highest BCUT2D eigenvalue weighted by Crippen LogP contribution is 2.23. The Bertz CT molecular complexity index is 1240. The summed E-state index contributed by atoms with van der Waals surface area (Å²) in [6.45, 7) is 4.31. The Hall–Kier alpha value is -3.06. The van der Waals surface area contributed by atoms with E-state index in [2.05, 4.69) is 47.1 Å². The molecule has 0 aliphatic rings. The molecule has 3 aromatic rings. The zero-order chi connectivity index (χ0) is 26.9. The molecule has 2 aromatic carbocycles. The van der Waals surface area contributed by atoms with E-state index in [1.54, 1.807) is 24.3 Å². The van der Waals surface area contributed by atoms with Crippen molar-refractivity contribution in [2.75, 3.05) is 0 Å². The van der Waals surface area contributed by atoms with Crippen LogP contribution in [0.3, 0.4) is 0 Å². The van der Waals surface area contributed by atoms with Crippen molar-refractivity contribution in [3.63, 3.8) is 0 Å². The summed E-state index contributed by atoms with van der Waals surface area (Å²) in [7, 11) is -8.86. The summed E-state index contributed by atoms with van der Waals surface area (Å²) < 4.78 is 64.1. The van der Waals surface area contributed by atoms with Crippen molar-refractivity contribution in [3.8, 4) is 16.8 Å². The van der Waals surface area contributed by atoms with Crippen molar-refractivity contribution in [2.45, 2.75) is 44.4 Å². The van der Waals surface area contributed by atoms with Gasteiger partial charge in [0, 0.05) is 37.1 Å². The van der Waals surface area contributed by atoms with Gasteiger partial charge in [-0.05, 0) is 36.1 Å². The molecular weight excluding hydrogens is 508 g/mol. The van der Waals surface area contributed by atoms with E-state index >= 15 is 0 Å². The SMILES string of the molecule is CCCc1cc(-c2ccccc2)cc(CCC)[n+]1-c1ccc(S(=O)(=O)N=C(N)N)cc1.[O-][Cl+3]([O-])([O-])[O-]. The van der Waals surface area contributed by atoms with E-state index in [1.807, 2.05) is 18.2 Å². The summed E-state index contributed by atoms with van der Waals surface area (Å²) in [6.07, 6.45) is 3.82. The maximum Gasteiger partial charge on any atom is 0.285 e. The van der Waals surface area contributed by atoms with E-state index < -0.39 is 26.2 Å². The summed E-state index contributed by atoms with van der Waals surface area (Å²) in [6, 6.07) is 21.5. The van der Waals surface area contributed by atoms with Gasteiger partial charge in [-0.15, -0.1) is 14.6 Å². The van der Waals surface area contributed by atoms with Crippen molar-refractivity contribution in [1.29, 1.82) is 0 Å². The van der Waals surface area contributed by atoms with Crippen molar-refractivity contribution in [2.24, 2.45) is 15.9 Å². The number of rotatable bonds is 8. The molecule has 0 radical (unpaired) electrons. The molecule has 0 unspecified atom stereocenters. The average molecular weight is 537 g/mol. The Labute approximate surface area is 213 Å². The lowest BCUT2D eigenvalue weighted by molar-refractivity contribution is -2.00. The van der Waals surface area contributed by atoms with Crippen LogP contribution in [0.4, 0.5) is 0 Å². The fraction of sp³-hybridized carbons (Fsp3) is 0.250. The molecule has 0 saturated heterocycles. The van der Waals surface area contributed by atoms with Gasteiger partial charge >= 0.3 is 0 Å². The Balaban J connectivity index is 0.000000830. The molecule has 10 nitrogen and oxygen atoms in total. The first-order valence-corrected chi connectivity index (χ1v) is 13.7. The van der Waals surface area contributed by atoms with Crippen molar-refractivity contribution < 1.29 is 41.9 Å². The van der Waals surface area contributed by atoms with Gasteiger partial charge in [-0.3, -0.25) is 0 Å². The van der Waals surface area contributed by atoms with Gasteiger partial charge in [0.15, 0.2) is 11.4 Å². The minimum Gasteiger partial charge on any atom is -0.369 e. The topological polar surface area (TPSA) is 195 Å². The third-order valence-corrected chi connectivity index (χ3v) is 6.28. The normalized spacial score (nSPS) is 11.4. The van der Waals surface area contributed by atoms with E-state index in [1.165, 1.54) is 22.5 Å². The standard InChI is InChI=1S/C24H29N4O2S.ClHO4/c1-3-8-21-16-19(18-10-6-5-7-11-18)17-22(9-4-2)28(21)20-12-14-23(15-13-20)31(29,30)27-24(25)26;2-1(3,4)5/h5-7,10-17H,3-4,8-9H2,1-2H3,(H4,25,26,27);(H,2,3,4,5)/q+1;/p-1. The van der Waals surface area contributed by atoms with Crippen LogP contribution < -0.4 is 34.7 Å². The quantitative estimate of drug-likeness (QED) is 0.202. The van der Waals surface area contributed by atoms with E-state index in [0.29, 0.717) is 0 Å². The molecule has 0 atom stereocenters. The van der Waals surface area contributed by atoms with Gasteiger partial charge < -0.3 is 11.5 Å². The highest BCUT2D eigenvalue weighted by atomic mass is 35.7. The smallest absolute Gasteiger partial charge is 0.285 e. The molecule has 0 bridgehead atoms. The zero-order valence-corrected chi connectivity index (χ0v) is 21.5. The van der Waals surface area contributed by atoms with Gasteiger partial charge in [-0.25, -0.2) is 18.6 Å². The number of nitrogens with two attached hydrogens (primary N) is 2. The van der Waals surface area contributed by atoms with E-state index in [0.717, 1.165) is 31.4 Å². The van der Waals surface area contributed by atoms with Crippen LogP contribution in [-0.2, 0) is 22.9 Å². The molecule has 4 N–H and O–H groups in total. The highest BCUT2D eigenvalue weighted by molar-refractivity contribution is 7.90. The molecule has 0 saturated carbocycles. The van der Waals surface area contributed by atoms with Crippen LogP contribution in [0.1, 0.15) is 38.1 Å². The first kappa shape index (κ1) is 29.2.